The molecule has 1 aromatic rings. The molecule has 25 heteroatoms. The number of unbranched alkanes of at least 4 members (excludes halogenated alkanes) is 2. The van der Waals surface area contributed by atoms with Gasteiger partial charge in [0, 0.05) is 45.1 Å². The van der Waals surface area contributed by atoms with Crippen molar-refractivity contribution in [3.8, 4) is 0 Å². The van der Waals surface area contributed by atoms with Crippen LogP contribution >= 0.6 is 0 Å². The second-order valence-corrected chi connectivity index (χ2v) is 23.2. The Morgan fingerprint density at radius 2 is 1.12 bits per heavy atom. The zero-order valence-corrected chi connectivity index (χ0v) is 50.6. The van der Waals surface area contributed by atoms with Crippen LogP contribution in [0.15, 0.2) is 42.1 Å². The van der Waals surface area contributed by atoms with Gasteiger partial charge in [-0.25, -0.2) is 0 Å². The minimum Gasteiger partial charge on any atom is -0.396 e. The highest BCUT2D eigenvalue weighted by Crippen LogP contribution is 2.22. The number of allylic oxidation sites excluding steroid dienone is 1. The number of hydrogen-bond acceptors (Lipinski definition) is 14. The van der Waals surface area contributed by atoms with E-state index in [9.17, 15) is 68.1 Å². The molecule has 0 aromatic heterocycles. The summed E-state index contributed by atoms with van der Waals surface area (Å²) < 4.78 is 0. The predicted octanol–water partition coefficient (Wildman–Crippen LogP) is -0.251. The molecule has 2 saturated heterocycles. The summed E-state index contributed by atoms with van der Waals surface area (Å²) in [4.78, 5) is 156. The Morgan fingerprint density at radius 3 is 1.69 bits per heavy atom. The van der Waals surface area contributed by atoms with Crippen LogP contribution in [0.5, 0.6) is 0 Å². The van der Waals surface area contributed by atoms with Gasteiger partial charge >= 0.3 is 0 Å². The van der Waals surface area contributed by atoms with Crippen LogP contribution in [0.25, 0.3) is 0 Å². The van der Waals surface area contributed by atoms with E-state index >= 15 is 0 Å². The number of nitrogens with zero attached hydrogens (tertiary/aromatic N) is 1. The number of aliphatic hydroxyl groups is 3. The van der Waals surface area contributed by atoms with Crippen molar-refractivity contribution in [2.24, 2.45) is 23.7 Å². The molecule has 470 valence electrons. The molecular formula is C59H95N11O14. The molecule has 2 aliphatic heterocycles. The zero-order valence-electron chi connectivity index (χ0n) is 50.6. The number of rotatable bonds is 17. The van der Waals surface area contributed by atoms with Gasteiger partial charge in [0.25, 0.3) is 5.91 Å². The van der Waals surface area contributed by atoms with Crippen molar-refractivity contribution in [2.45, 2.75) is 207 Å². The quantitative estimate of drug-likeness (QED) is 0.0707. The van der Waals surface area contributed by atoms with E-state index < -0.39 is 157 Å². The van der Waals surface area contributed by atoms with E-state index in [1.807, 2.05) is 41.5 Å². The van der Waals surface area contributed by atoms with Crippen molar-refractivity contribution in [3.63, 3.8) is 0 Å². The maximum atomic E-state index is 14.5. The van der Waals surface area contributed by atoms with E-state index in [1.165, 1.54) is 13.0 Å². The van der Waals surface area contributed by atoms with Crippen molar-refractivity contribution >= 4 is 65.0 Å². The lowest BCUT2D eigenvalue weighted by Crippen LogP contribution is -2.62. The molecule has 13 N–H and O–H groups in total. The van der Waals surface area contributed by atoms with Crippen LogP contribution in [0.3, 0.4) is 0 Å². The van der Waals surface area contributed by atoms with Crippen LogP contribution in [0.2, 0.25) is 0 Å². The number of carbonyl (C=O) groups excluding carboxylic acids is 11. The summed E-state index contributed by atoms with van der Waals surface area (Å²) in [5.74, 6) is -10.1. The SMILES string of the molecule is C/C=C1/NC(=O)[C@H](CCO)NC(=O)C[C@@H](CCCCC)NC(=O)CNC(=O)[C@H](CC(C)C)NC(=O)[C@@H]([C@@H](C)CC)NC(=O)[C@H](C(C)C)NC(=O)[C@@H](CC(C)C)NC(=O)[C@@H](Cc2ccccc2)NC(=O)[C@H](CCO)NC(=O)[C@@H]2C[C@@H](O)CN2C1=O. The average Bonchev–Trinajstić information content (AvgIpc) is 4.05. The van der Waals surface area contributed by atoms with Gasteiger partial charge in [-0.1, -0.05) is 124 Å². The molecule has 2 heterocycles. The van der Waals surface area contributed by atoms with Crippen molar-refractivity contribution in [1.82, 2.24) is 58.1 Å². The van der Waals surface area contributed by atoms with E-state index in [4.69, 9.17) is 0 Å². The highest BCUT2D eigenvalue weighted by molar-refractivity contribution is 6.02. The molecule has 2 fully saturated rings. The van der Waals surface area contributed by atoms with Crippen LogP contribution in [0, 0.1) is 23.7 Å². The second-order valence-electron chi connectivity index (χ2n) is 23.2. The standard InChI is InChI=1S/C59H95N11O14/c1-11-14-16-21-38-29-47(74)62-41(22-24-71)52(77)63-40(13-3)59(84)70-32-39(73)30-46(70)56(81)64-42(23-25-72)53(78)66-45(28-37-19-17-15-18-20-37)54(79)65-44(27-34(6)7)55(80)68-49(35(8)9)57(82)69-50(36(10)12-2)58(83)67-43(26-33(4)5)51(76)60-31-48(75)61-38/h13,15,17-20,33-36,38-39,41-46,49-50,71-73H,11-12,14,16,21-32H2,1-10H3,(H,60,76)(H,61,75)(H,62,74)(H,63,77)(H,64,81)(H,65,79)(H,66,78)(H,67,83)(H,68,80)(H,69,82)/b40-13+/t36-,38+,39+,41-,42-,43-,44+,45+,46-,49-,50+/m0/s1. The number of amides is 11. The van der Waals surface area contributed by atoms with Crippen LogP contribution < -0.4 is 53.2 Å². The first-order valence-electron chi connectivity index (χ1n) is 29.7. The van der Waals surface area contributed by atoms with E-state index in [-0.39, 0.29) is 69.0 Å². The topological polar surface area (TPSA) is 372 Å². The van der Waals surface area contributed by atoms with Gasteiger partial charge in [0.05, 0.1) is 12.6 Å². The predicted molar refractivity (Wildman–Crippen MR) is 312 cm³/mol. The van der Waals surface area contributed by atoms with Crippen molar-refractivity contribution in [1.29, 1.82) is 0 Å². The monoisotopic (exact) mass is 1180 g/mol. The Bertz CT molecular complexity index is 2420. The smallest absolute Gasteiger partial charge is 0.270 e. The molecule has 0 unspecified atom stereocenters. The molecule has 0 saturated carbocycles. The van der Waals surface area contributed by atoms with Crippen molar-refractivity contribution < 1.29 is 68.1 Å². The van der Waals surface area contributed by atoms with E-state index in [0.29, 0.717) is 24.8 Å². The van der Waals surface area contributed by atoms with Gasteiger partial charge in [-0.3, -0.25) is 52.7 Å². The lowest BCUT2D eigenvalue weighted by Gasteiger charge is -2.31. The number of carbonyl (C=O) groups is 11. The number of nitrogens with one attached hydrogen (secondary N) is 10. The first-order valence-corrected chi connectivity index (χ1v) is 29.7. The largest absolute Gasteiger partial charge is 0.396 e. The zero-order chi connectivity index (χ0) is 62.8. The van der Waals surface area contributed by atoms with Gasteiger partial charge in [-0.15, -0.1) is 0 Å². The van der Waals surface area contributed by atoms with Crippen molar-refractivity contribution in [2.75, 3.05) is 26.3 Å². The molecule has 0 aliphatic carbocycles. The summed E-state index contributed by atoms with van der Waals surface area (Å²) in [5.41, 5.74) is 0.239. The minimum atomic E-state index is -1.52. The third kappa shape index (κ3) is 23.2. The van der Waals surface area contributed by atoms with Crippen LogP contribution in [-0.4, -0.2) is 172 Å². The van der Waals surface area contributed by atoms with Gasteiger partial charge in [-0.2, -0.15) is 0 Å². The number of aliphatic hydroxyl groups excluding tert-OH is 3. The van der Waals surface area contributed by atoms with E-state index in [0.717, 1.165) is 17.7 Å². The molecule has 84 heavy (non-hydrogen) atoms. The fraction of sp³-hybridized carbons (Fsp3) is 0.678. The van der Waals surface area contributed by atoms with Gasteiger partial charge < -0.3 is 73.4 Å². The Labute approximate surface area is 493 Å². The molecule has 0 spiro atoms. The first-order chi connectivity index (χ1) is 39.8. The lowest BCUT2D eigenvalue weighted by molar-refractivity contribution is -0.138. The fourth-order valence-electron chi connectivity index (χ4n) is 9.89. The van der Waals surface area contributed by atoms with Gasteiger partial charge in [-0.05, 0) is 68.3 Å². The van der Waals surface area contributed by atoms with Crippen LogP contribution in [0.4, 0.5) is 0 Å². The van der Waals surface area contributed by atoms with Crippen molar-refractivity contribution in [3.05, 3.63) is 47.7 Å². The normalized spacial score (nSPS) is 26.8. The average molecular weight is 1180 g/mol. The van der Waals surface area contributed by atoms with Gasteiger partial charge in [0.1, 0.15) is 54.0 Å². The number of benzene rings is 1. The molecule has 0 radical (unpaired) electrons. The van der Waals surface area contributed by atoms with E-state index in [1.54, 1.807) is 51.1 Å². The summed E-state index contributed by atoms with van der Waals surface area (Å²) in [6.45, 7) is 15.5. The Morgan fingerprint density at radius 1 is 0.583 bits per heavy atom. The van der Waals surface area contributed by atoms with Crippen LogP contribution in [0.1, 0.15) is 145 Å². The maximum Gasteiger partial charge on any atom is 0.270 e. The van der Waals surface area contributed by atoms with Gasteiger partial charge in [0.2, 0.25) is 59.1 Å². The minimum absolute atomic E-state index is 0.0679. The van der Waals surface area contributed by atoms with E-state index in [2.05, 4.69) is 53.2 Å². The lowest BCUT2D eigenvalue weighted by atomic mass is 9.95. The Hall–Kier alpha value is -6.99. The second kappa shape index (κ2) is 36.0. The highest BCUT2D eigenvalue weighted by atomic mass is 16.3. The van der Waals surface area contributed by atoms with Gasteiger partial charge in [0.15, 0.2) is 0 Å². The van der Waals surface area contributed by atoms with Crippen LogP contribution in [-0.2, 0) is 59.2 Å². The molecule has 3 rings (SSSR count). The Kier molecular flexibility index (Phi) is 30.5. The number of fused-ring (bicyclic) bond motifs is 1. The summed E-state index contributed by atoms with van der Waals surface area (Å²) in [6.07, 6.45) is 1.68. The molecule has 0 bridgehead atoms. The fourth-order valence-corrected chi connectivity index (χ4v) is 9.89. The highest BCUT2D eigenvalue weighted by Gasteiger charge is 2.42. The third-order valence-corrected chi connectivity index (χ3v) is 14.8. The Balaban J connectivity index is 2.16. The molecule has 2 aliphatic rings. The molecule has 25 nitrogen and oxygen atoms in total. The summed E-state index contributed by atoms with van der Waals surface area (Å²) >= 11 is 0. The molecule has 11 amide bonds. The summed E-state index contributed by atoms with van der Waals surface area (Å²) in [6, 6.07) is -2.86. The summed E-state index contributed by atoms with van der Waals surface area (Å²) in [7, 11) is 0. The molecule has 11 atom stereocenters. The summed E-state index contributed by atoms with van der Waals surface area (Å²) in [5, 5.41) is 57.7. The maximum absolute atomic E-state index is 14.5. The molecular weight excluding hydrogens is 1090 g/mol. The first kappa shape index (κ1) is 71.3. The molecule has 1 aromatic carbocycles. The third-order valence-electron chi connectivity index (χ3n) is 14.8. The number of hydrogen-bond donors (Lipinski definition) is 13.